The molecule has 0 amide bonds. The van der Waals surface area contributed by atoms with E-state index in [1.165, 1.54) is 31.9 Å². The zero-order chi connectivity index (χ0) is 12.3. The van der Waals surface area contributed by atoms with Gasteiger partial charge in [-0.2, -0.15) is 0 Å². The molecule has 1 aliphatic carbocycles. The van der Waals surface area contributed by atoms with Crippen LogP contribution in [0.4, 0.5) is 0 Å². The summed E-state index contributed by atoms with van der Waals surface area (Å²) in [6.45, 7) is 3.80. The number of carboxylic acids is 1. The fourth-order valence-electron chi connectivity index (χ4n) is 2.57. The van der Waals surface area contributed by atoms with Gasteiger partial charge in [0.2, 0.25) is 5.76 Å². The highest BCUT2D eigenvalue weighted by atomic mass is 16.4. The highest BCUT2D eigenvalue weighted by Gasteiger charge is 2.28. The fourth-order valence-corrected chi connectivity index (χ4v) is 2.57. The van der Waals surface area contributed by atoms with Crippen LogP contribution in [0.25, 0.3) is 0 Å². The molecule has 0 spiro atoms. The number of hydrogen-bond acceptors (Lipinski definition) is 3. The summed E-state index contributed by atoms with van der Waals surface area (Å²) < 4.78 is 4.93. The summed E-state index contributed by atoms with van der Waals surface area (Å²) in [4.78, 5) is 10.8. The van der Waals surface area contributed by atoms with E-state index in [9.17, 15) is 4.79 Å². The van der Waals surface area contributed by atoms with E-state index in [1.807, 2.05) is 0 Å². The van der Waals surface area contributed by atoms with Crippen LogP contribution < -0.4 is 5.32 Å². The highest BCUT2D eigenvalue weighted by Crippen LogP contribution is 2.36. The molecule has 2 rings (SSSR count). The Labute approximate surface area is 101 Å². The van der Waals surface area contributed by atoms with Crippen molar-refractivity contribution in [1.82, 2.24) is 5.32 Å². The molecule has 1 aromatic heterocycles. The van der Waals surface area contributed by atoms with Gasteiger partial charge < -0.3 is 14.8 Å². The predicted octanol–water partition coefficient (Wildman–Crippen LogP) is 2.65. The molecule has 0 aromatic carbocycles. The van der Waals surface area contributed by atoms with Gasteiger partial charge in [0.05, 0.1) is 6.26 Å². The van der Waals surface area contributed by atoms with Crippen LogP contribution >= 0.6 is 0 Å². The lowest BCUT2D eigenvalue weighted by molar-refractivity contribution is 0.0660. The van der Waals surface area contributed by atoms with Gasteiger partial charge in [0, 0.05) is 18.7 Å². The second-order valence-electron chi connectivity index (χ2n) is 5.20. The zero-order valence-corrected chi connectivity index (χ0v) is 10.2. The fraction of sp³-hybridized carbons (Fsp3) is 0.615. The van der Waals surface area contributed by atoms with Crippen LogP contribution in [-0.2, 0) is 6.54 Å². The molecule has 1 heterocycles. The Morgan fingerprint density at radius 2 is 2.24 bits per heavy atom. The summed E-state index contributed by atoms with van der Waals surface area (Å²) in [5.74, 6) is -0.951. The minimum atomic E-state index is -1.00. The molecule has 17 heavy (non-hydrogen) atoms. The number of nitrogens with one attached hydrogen (secondary N) is 1. The maximum absolute atomic E-state index is 10.8. The van der Waals surface area contributed by atoms with Crippen molar-refractivity contribution in [1.29, 1.82) is 0 Å². The minimum absolute atomic E-state index is 0.0501. The second-order valence-corrected chi connectivity index (χ2v) is 5.20. The van der Waals surface area contributed by atoms with Crippen molar-refractivity contribution >= 4 is 5.97 Å². The van der Waals surface area contributed by atoms with Gasteiger partial charge in [0.1, 0.15) is 0 Å². The van der Waals surface area contributed by atoms with Crippen LogP contribution in [0.5, 0.6) is 0 Å². The molecule has 1 fully saturated rings. The van der Waals surface area contributed by atoms with Crippen molar-refractivity contribution in [3.05, 3.63) is 23.7 Å². The monoisotopic (exact) mass is 237 g/mol. The van der Waals surface area contributed by atoms with E-state index in [0.717, 1.165) is 12.1 Å². The first kappa shape index (κ1) is 12.2. The van der Waals surface area contributed by atoms with E-state index < -0.39 is 5.97 Å². The SMILES string of the molecule is CC1(CNCc2ccoc2C(=O)O)CCCC1. The van der Waals surface area contributed by atoms with Crippen molar-refractivity contribution < 1.29 is 14.3 Å². The van der Waals surface area contributed by atoms with Crippen LogP contribution in [0.15, 0.2) is 16.7 Å². The lowest BCUT2D eigenvalue weighted by atomic mass is 9.89. The molecule has 4 nitrogen and oxygen atoms in total. The molecule has 1 aromatic rings. The molecule has 2 N–H and O–H groups in total. The molecule has 0 bridgehead atoms. The second kappa shape index (κ2) is 4.92. The van der Waals surface area contributed by atoms with E-state index in [4.69, 9.17) is 9.52 Å². The number of carboxylic acid groups (broad SMARTS) is 1. The first-order chi connectivity index (χ1) is 8.11. The topological polar surface area (TPSA) is 62.5 Å². The van der Waals surface area contributed by atoms with E-state index in [1.54, 1.807) is 6.07 Å². The van der Waals surface area contributed by atoms with Crippen LogP contribution in [0.1, 0.15) is 48.7 Å². The van der Waals surface area contributed by atoms with E-state index >= 15 is 0 Å². The quantitative estimate of drug-likeness (QED) is 0.826. The normalized spacial score (nSPS) is 18.4. The van der Waals surface area contributed by atoms with Gasteiger partial charge in [0.25, 0.3) is 0 Å². The first-order valence-corrected chi connectivity index (χ1v) is 6.11. The van der Waals surface area contributed by atoms with E-state index in [0.29, 0.717) is 12.0 Å². The number of furan rings is 1. The largest absolute Gasteiger partial charge is 0.475 e. The van der Waals surface area contributed by atoms with Gasteiger partial charge in [-0.25, -0.2) is 4.79 Å². The van der Waals surface area contributed by atoms with E-state index in [-0.39, 0.29) is 5.76 Å². The van der Waals surface area contributed by atoms with Crippen molar-refractivity contribution in [2.45, 2.75) is 39.2 Å². The molecular weight excluding hydrogens is 218 g/mol. The Balaban J connectivity index is 1.85. The van der Waals surface area contributed by atoms with Crippen LogP contribution in [0, 0.1) is 5.41 Å². The summed E-state index contributed by atoms with van der Waals surface area (Å²) in [6.07, 6.45) is 6.57. The van der Waals surface area contributed by atoms with Gasteiger partial charge in [-0.1, -0.05) is 19.8 Å². The Hall–Kier alpha value is -1.29. The molecule has 0 saturated heterocycles. The summed E-state index contributed by atoms with van der Waals surface area (Å²) in [7, 11) is 0. The smallest absolute Gasteiger partial charge is 0.372 e. The average Bonchev–Trinajstić information content (AvgIpc) is 2.87. The number of hydrogen-bond donors (Lipinski definition) is 2. The minimum Gasteiger partial charge on any atom is -0.475 e. The van der Waals surface area contributed by atoms with Gasteiger partial charge in [0.15, 0.2) is 0 Å². The Kier molecular flexibility index (Phi) is 3.52. The zero-order valence-electron chi connectivity index (χ0n) is 10.2. The third-order valence-corrected chi connectivity index (χ3v) is 3.62. The summed E-state index contributed by atoms with van der Waals surface area (Å²) >= 11 is 0. The van der Waals surface area contributed by atoms with Crippen molar-refractivity contribution in [3.8, 4) is 0 Å². The number of carbonyl (C=O) groups is 1. The molecule has 0 unspecified atom stereocenters. The Bertz CT molecular complexity index is 391. The van der Waals surface area contributed by atoms with Gasteiger partial charge >= 0.3 is 5.97 Å². The molecule has 0 atom stereocenters. The summed E-state index contributed by atoms with van der Waals surface area (Å²) in [5.41, 5.74) is 1.10. The predicted molar refractivity (Wildman–Crippen MR) is 63.9 cm³/mol. The lowest BCUT2D eigenvalue weighted by Crippen LogP contribution is -2.29. The maximum atomic E-state index is 10.8. The molecule has 4 heteroatoms. The van der Waals surface area contributed by atoms with Gasteiger partial charge in [-0.15, -0.1) is 0 Å². The van der Waals surface area contributed by atoms with Crippen LogP contribution in [-0.4, -0.2) is 17.6 Å². The Morgan fingerprint density at radius 1 is 1.53 bits per heavy atom. The summed E-state index contributed by atoms with van der Waals surface area (Å²) in [5, 5.41) is 12.2. The molecule has 0 aliphatic heterocycles. The highest BCUT2D eigenvalue weighted by molar-refractivity contribution is 5.86. The summed E-state index contributed by atoms with van der Waals surface area (Å²) in [6, 6.07) is 1.72. The molecule has 0 radical (unpaired) electrons. The van der Waals surface area contributed by atoms with Crippen molar-refractivity contribution in [3.63, 3.8) is 0 Å². The van der Waals surface area contributed by atoms with Crippen molar-refractivity contribution in [2.24, 2.45) is 5.41 Å². The number of rotatable bonds is 5. The van der Waals surface area contributed by atoms with Crippen molar-refractivity contribution in [2.75, 3.05) is 6.54 Å². The molecular formula is C13H19NO3. The standard InChI is InChI=1S/C13H19NO3/c1-13(5-2-3-6-13)9-14-8-10-4-7-17-11(10)12(15)16/h4,7,14H,2-3,5-6,8-9H2,1H3,(H,15,16). The first-order valence-electron chi connectivity index (χ1n) is 6.11. The lowest BCUT2D eigenvalue weighted by Gasteiger charge is -2.23. The molecule has 1 saturated carbocycles. The molecule has 1 aliphatic rings. The third kappa shape index (κ3) is 2.88. The molecule has 94 valence electrons. The van der Waals surface area contributed by atoms with E-state index in [2.05, 4.69) is 12.2 Å². The van der Waals surface area contributed by atoms with Crippen LogP contribution in [0.3, 0.4) is 0 Å². The van der Waals surface area contributed by atoms with Gasteiger partial charge in [-0.3, -0.25) is 0 Å². The van der Waals surface area contributed by atoms with Gasteiger partial charge in [-0.05, 0) is 24.3 Å². The van der Waals surface area contributed by atoms with Crippen LogP contribution in [0.2, 0.25) is 0 Å². The Morgan fingerprint density at radius 3 is 2.88 bits per heavy atom. The average molecular weight is 237 g/mol. The third-order valence-electron chi connectivity index (χ3n) is 3.62. The maximum Gasteiger partial charge on any atom is 0.372 e. The number of aromatic carboxylic acids is 1.